The van der Waals surface area contributed by atoms with Crippen LogP contribution in [0.5, 0.6) is 0 Å². The minimum atomic E-state index is -0.795. The first kappa shape index (κ1) is 13.8. The van der Waals surface area contributed by atoms with Crippen molar-refractivity contribution in [3.05, 3.63) is 0 Å². The zero-order chi connectivity index (χ0) is 12.2. The van der Waals surface area contributed by atoms with Gasteiger partial charge in [-0.2, -0.15) is 11.8 Å². The highest BCUT2D eigenvalue weighted by Gasteiger charge is 2.30. The summed E-state index contributed by atoms with van der Waals surface area (Å²) in [6.45, 7) is 4.26. The van der Waals surface area contributed by atoms with Crippen LogP contribution in [-0.4, -0.2) is 35.2 Å². The van der Waals surface area contributed by atoms with Gasteiger partial charge in [-0.05, 0) is 31.9 Å². The second-order valence-electron chi connectivity index (χ2n) is 5.16. The van der Waals surface area contributed by atoms with Crippen LogP contribution in [0.25, 0.3) is 0 Å². The summed E-state index contributed by atoms with van der Waals surface area (Å²) in [5, 5.41) is 12.8. The van der Waals surface area contributed by atoms with E-state index in [0.717, 1.165) is 19.3 Å². The number of rotatable bonds is 5. The molecule has 16 heavy (non-hydrogen) atoms. The summed E-state index contributed by atoms with van der Waals surface area (Å²) in [4.78, 5) is 11.9. The molecule has 0 aromatic carbocycles. The highest BCUT2D eigenvalue weighted by molar-refractivity contribution is 7.98. The maximum atomic E-state index is 11.9. The van der Waals surface area contributed by atoms with E-state index >= 15 is 0 Å². The van der Waals surface area contributed by atoms with E-state index in [-0.39, 0.29) is 11.8 Å². The first-order valence-corrected chi connectivity index (χ1v) is 7.35. The lowest BCUT2D eigenvalue weighted by Crippen LogP contribution is -2.44. The Morgan fingerprint density at radius 2 is 2.25 bits per heavy atom. The second-order valence-corrected chi connectivity index (χ2v) is 6.03. The second kappa shape index (κ2) is 5.92. The van der Waals surface area contributed by atoms with Crippen LogP contribution < -0.4 is 5.32 Å². The Labute approximate surface area is 102 Å². The molecule has 3 nitrogen and oxygen atoms in total. The zero-order valence-electron chi connectivity index (χ0n) is 10.5. The Balaban J connectivity index is 2.34. The number of thioether (sulfide) groups is 1. The van der Waals surface area contributed by atoms with E-state index in [1.165, 1.54) is 0 Å². The number of carbonyl (C=O) groups excluding carboxylic acids is 1. The summed E-state index contributed by atoms with van der Waals surface area (Å²) in [5.41, 5.74) is -0.795. The summed E-state index contributed by atoms with van der Waals surface area (Å²) in [6, 6.07) is 0. The number of hydrogen-bond donors (Lipinski definition) is 2. The average Bonchev–Trinajstić information content (AvgIpc) is 2.61. The summed E-state index contributed by atoms with van der Waals surface area (Å²) in [5.74, 6) is 1.41. The van der Waals surface area contributed by atoms with Gasteiger partial charge in [0, 0.05) is 18.2 Å². The van der Waals surface area contributed by atoms with Crippen LogP contribution in [0.3, 0.4) is 0 Å². The molecule has 1 saturated carbocycles. The van der Waals surface area contributed by atoms with Crippen LogP contribution in [0.4, 0.5) is 0 Å². The van der Waals surface area contributed by atoms with Gasteiger partial charge in [-0.1, -0.05) is 13.3 Å². The summed E-state index contributed by atoms with van der Waals surface area (Å²) in [7, 11) is 0. The molecule has 0 aliphatic heterocycles. The molecule has 0 saturated heterocycles. The molecule has 0 bridgehead atoms. The number of hydrogen-bond acceptors (Lipinski definition) is 3. The lowest BCUT2D eigenvalue weighted by Gasteiger charge is -2.24. The van der Waals surface area contributed by atoms with Gasteiger partial charge in [0.05, 0.1) is 5.60 Å². The van der Waals surface area contributed by atoms with Crippen molar-refractivity contribution >= 4 is 17.7 Å². The Bertz CT molecular complexity index is 243. The van der Waals surface area contributed by atoms with Gasteiger partial charge in [0.2, 0.25) is 5.91 Å². The molecule has 0 spiro atoms. The predicted octanol–water partition coefficient (Wildman–Crippen LogP) is 1.65. The van der Waals surface area contributed by atoms with Crippen molar-refractivity contribution in [3.8, 4) is 0 Å². The quantitative estimate of drug-likeness (QED) is 0.774. The molecule has 94 valence electrons. The minimum Gasteiger partial charge on any atom is -0.387 e. The predicted molar refractivity (Wildman–Crippen MR) is 68.5 cm³/mol. The lowest BCUT2D eigenvalue weighted by molar-refractivity contribution is -0.126. The highest BCUT2D eigenvalue weighted by atomic mass is 32.2. The highest BCUT2D eigenvalue weighted by Crippen LogP contribution is 2.31. The van der Waals surface area contributed by atoms with Gasteiger partial charge >= 0.3 is 0 Å². The van der Waals surface area contributed by atoms with Gasteiger partial charge in [0.1, 0.15) is 0 Å². The fourth-order valence-corrected chi connectivity index (χ4v) is 3.03. The standard InChI is InChI=1S/C12H23NO2S/c1-9-5-4-6-10(9)11(14)13-7-12(2,15)8-16-3/h9-10,15H,4-8H2,1-3H3,(H,13,14). The minimum absolute atomic E-state index is 0.117. The fraction of sp³-hybridized carbons (Fsp3) is 0.917. The Morgan fingerprint density at radius 1 is 1.56 bits per heavy atom. The topological polar surface area (TPSA) is 49.3 Å². The maximum Gasteiger partial charge on any atom is 0.223 e. The summed E-state index contributed by atoms with van der Waals surface area (Å²) >= 11 is 1.59. The van der Waals surface area contributed by atoms with Crippen molar-refractivity contribution in [1.29, 1.82) is 0 Å². The van der Waals surface area contributed by atoms with Crippen LogP contribution in [-0.2, 0) is 4.79 Å². The molecule has 2 N–H and O–H groups in total. The van der Waals surface area contributed by atoms with Gasteiger partial charge in [-0.15, -0.1) is 0 Å². The van der Waals surface area contributed by atoms with Crippen LogP contribution in [0.1, 0.15) is 33.1 Å². The monoisotopic (exact) mass is 245 g/mol. The molecule has 0 aromatic heterocycles. The molecule has 1 aliphatic rings. The normalized spacial score (nSPS) is 28.8. The largest absolute Gasteiger partial charge is 0.387 e. The van der Waals surface area contributed by atoms with Crippen LogP contribution in [0, 0.1) is 11.8 Å². The Kier molecular flexibility index (Phi) is 5.12. The van der Waals surface area contributed by atoms with E-state index in [4.69, 9.17) is 0 Å². The molecular formula is C12H23NO2S. The Hall–Kier alpha value is -0.220. The molecule has 0 radical (unpaired) electrons. The molecule has 4 heteroatoms. The van der Waals surface area contributed by atoms with Gasteiger partial charge in [-0.25, -0.2) is 0 Å². The maximum absolute atomic E-state index is 11.9. The van der Waals surface area contributed by atoms with Crippen molar-refractivity contribution in [3.63, 3.8) is 0 Å². The molecule has 1 aliphatic carbocycles. The van der Waals surface area contributed by atoms with E-state index < -0.39 is 5.60 Å². The van der Waals surface area contributed by atoms with Crippen molar-refractivity contribution in [1.82, 2.24) is 5.32 Å². The van der Waals surface area contributed by atoms with Gasteiger partial charge in [0.25, 0.3) is 0 Å². The van der Waals surface area contributed by atoms with Gasteiger partial charge in [-0.3, -0.25) is 4.79 Å². The molecular weight excluding hydrogens is 222 g/mol. The zero-order valence-corrected chi connectivity index (χ0v) is 11.3. The van der Waals surface area contributed by atoms with Crippen molar-refractivity contribution in [2.24, 2.45) is 11.8 Å². The molecule has 1 fully saturated rings. The first-order chi connectivity index (χ1) is 7.46. The third-order valence-electron chi connectivity index (χ3n) is 3.30. The number of amides is 1. The third-order valence-corrected chi connectivity index (χ3v) is 4.21. The number of aliphatic hydroxyl groups is 1. The van der Waals surface area contributed by atoms with Gasteiger partial charge in [0.15, 0.2) is 0 Å². The molecule has 3 unspecified atom stereocenters. The van der Waals surface area contributed by atoms with E-state index in [1.807, 2.05) is 6.26 Å². The van der Waals surface area contributed by atoms with Gasteiger partial charge < -0.3 is 10.4 Å². The van der Waals surface area contributed by atoms with Crippen molar-refractivity contribution < 1.29 is 9.90 Å². The van der Waals surface area contributed by atoms with Crippen molar-refractivity contribution in [2.45, 2.75) is 38.7 Å². The molecule has 1 amide bonds. The number of nitrogens with one attached hydrogen (secondary N) is 1. The third kappa shape index (κ3) is 3.98. The van der Waals surface area contributed by atoms with E-state index in [0.29, 0.717) is 18.2 Å². The smallest absolute Gasteiger partial charge is 0.223 e. The SMILES string of the molecule is CSCC(C)(O)CNC(=O)C1CCCC1C. The van der Waals surface area contributed by atoms with Crippen molar-refractivity contribution in [2.75, 3.05) is 18.6 Å². The fourth-order valence-electron chi connectivity index (χ4n) is 2.31. The number of carbonyl (C=O) groups is 1. The molecule has 0 aromatic rings. The van der Waals surface area contributed by atoms with E-state index in [1.54, 1.807) is 18.7 Å². The average molecular weight is 245 g/mol. The molecule has 3 atom stereocenters. The Morgan fingerprint density at radius 3 is 2.75 bits per heavy atom. The van der Waals surface area contributed by atoms with E-state index in [2.05, 4.69) is 12.2 Å². The van der Waals surface area contributed by atoms with Crippen LogP contribution in [0.15, 0.2) is 0 Å². The summed E-state index contributed by atoms with van der Waals surface area (Å²) < 4.78 is 0. The summed E-state index contributed by atoms with van der Waals surface area (Å²) in [6.07, 6.45) is 5.26. The first-order valence-electron chi connectivity index (χ1n) is 5.95. The van der Waals surface area contributed by atoms with E-state index in [9.17, 15) is 9.90 Å². The molecule has 0 heterocycles. The molecule has 1 rings (SSSR count). The van der Waals surface area contributed by atoms with Crippen LogP contribution in [0.2, 0.25) is 0 Å². The lowest BCUT2D eigenvalue weighted by atomic mass is 9.97. The van der Waals surface area contributed by atoms with Crippen LogP contribution >= 0.6 is 11.8 Å².